The van der Waals surface area contributed by atoms with Gasteiger partial charge in [0, 0.05) is 13.1 Å². The van der Waals surface area contributed by atoms with Crippen molar-refractivity contribution < 1.29 is 18.3 Å². The number of nitrogens with zero attached hydrogens (tertiary/aromatic N) is 1. The molecule has 0 radical (unpaired) electrons. The summed E-state index contributed by atoms with van der Waals surface area (Å²) < 4.78 is 28.7. The molecule has 3 rings (SSSR count). The lowest BCUT2D eigenvalue weighted by Crippen LogP contribution is -2.24. The number of carboxylic acid groups (broad SMARTS) is 1. The lowest BCUT2D eigenvalue weighted by Gasteiger charge is -2.26. The predicted molar refractivity (Wildman–Crippen MR) is 123 cm³/mol. The van der Waals surface area contributed by atoms with Crippen LogP contribution in [0.3, 0.4) is 0 Å². The van der Waals surface area contributed by atoms with Crippen LogP contribution in [0.2, 0.25) is 0 Å². The van der Waals surface area contributed by atoms with Crippen LogP contribution >= 0.6 is 0 Å². The monoisotopic (exact) mass is 438 g/mol. The normalized spacial score (nSPS) is 11.2. The van der Waals surface area contributed by atoms with Crippen molar-refractivity contribution in [2.45, 2.75) is 31.7 Å². The number of aryl methyl sites for hydroxylation is 1. The summed E-state index contributed by atoms with van der Waals surface area (Å²) in [6.07, 6.45) is 0.809. The van der Waals surface area contributed by atoms with Crippen LogP contribution in [0.4, 0.5) is 11.4 Å². The number of sulfonamides is 1. The quantitative estimate of drug-likeness (QED) is 0.502. The third-order valence-corrected chi connectivity index (χ3v) is 6.45. The number of hydrogen-bond acceptors (Lipinski definition) is 4. The lowest BCUT2D eigenvalue weighted by molar-refractivity contribution is 0.0697. The van der Waals surface area contributed by atoms with Crippen molar-refractivity contribution in [3.63, 3.8) is 0 Å². The highest BCUT2D eigenvalue weighted by molar-refractivity contribution is 7.92. The van der Waals surface area contributed by atoms with E-state index in [0.29, 0.717) is 18.8 Å². The average molecular weight is 439 g/mol. The van der Waals surface area contributed by atoms with Crippen molar-refractivity contribution in [2.24, 2.45) is 0 Å². The Kier molecular flexibility index (Phi) is 6.97. The second-order valence-corrected chi connectivity index (χ2v) is 8.82. The SMILES string of the molecule is CCc1ccc(S(=O)(=O)Nc2cc(C(=O)O)ccc2N(CC)Cc2ccccc2)cc1. The number of carbonyl (C=O) groups is 1. The molecule has 0 aromatic heterocycles. The maximum Gasteiger partial charge on any atom is 0.335 e. The summed E-state index contributed by atoms with van der Waals surface area (Å²) in [6, 6.07) is 21.0. The Morgan fingerprint density at radius 1 is 0.935 bits per heavy atom. The van der Waals surface area contributed by atoms with Gasteiger partial charge in [0.25, 0.3) is 10.0 Å². The standard InChI is InChI=1S/C24H26N2O4S/c1-3-18-10-13-21(14-11-18)31(29,30)25-22-16-20(24(27)28)12-15-23(22)26(4-2)17-19-8-6-5-7-9-19/h5-16,25H,3-4,17H2,1-2H3,(H,27,28). The number of benzene rings is 3. The second-order valence-electron chi connectivity index (χ2n) is 7.14. The fraction of sp³-hybridized carbons (Fsp3) is 0.208. The molecule has 0 aliphatic heterocycles. The van der Waals surface area contributed by atoms with Gasteiger partial charge in [0.15, 0.2) is 0 Å². The van der Waals surface area contributed by atoms with Gasteiger partial charge in [-0.25, -0.2) is 13.2 Å². The Balaban J connectivity index is 2.00. The van der Waals surface area contributed by atoms with Gasteiger partial charge in [0.2, 0.25) is 0 Å². The molecular formula is C24H26N2O4S. The first-order valence-corrected chi connectivity index (χ1v) is 11.6. The van der Waals surface area contributed by atoms with Crippen molar-refractivity contribution in [2.75, 3.05) is 16.2 Å². The maximum atomic E-state index is 13.0. The molecular weight excluding hydrogens is 412 g/mol. The molecule has 6 nitrogen and oxygen atoms in total. The Morgan fingerprint density at radius 2 is 1.61 bits per heavy atom. The minimum atomic E-state index is -3.89. The first kappa shape index (κ1) is 22.4. The number of anilines is 2. The summed E-state index contributed by atoms with van der Waals surface area (Å²) in [4.78, 5) is 13.6. The van der Waals surface area contributed by atoms with Crippen LogP contribution in [0.15, 0.2) is 77.7 Å². The fourth-order valence-corrected chi connectivity index (χ4v) is 4.37. The van der Waals surface area contributed by atoms with Crippen LogP contribution in [0.1, 0.15) is 35.3 Å². The first-order chi connectivity index (χ1) is 14.8. The Labute approximate surface area is 183 Å². The highest BCUT2D eigenvalue weighted by atomic mass is 32.2. The molecule has 0 aliphatic carbocycles. The van der Waals surface area contributed by atoms with Crippen LogP contribution in [0.5, 0.6) is 0 Å². The largest absolute Gasteiger partial charge is 0.478 e. The molecule has 0 unspecified atom stereocenters. The number of hydrogen-bond donors (Lipinski definition) is 2. The van der Waals surface area contributed by atoms with Crippen LogP contribution in [-0.4, -0.2) is 26.0 Å². The molecule has 0 saturated carbocycles. The zero-order valence-corrected chi connectivity index (χ0v) is 18.4. The van der Waals surface area contributed by atoms with E-state index >= 15 is 0 Å². The lowest BCUT2D eigenvalue weighted by atomic mass is 10.1. The van der Waals surface area contributed by atoms with E-state index in [9.17, 15) is 18.3 Å². The Morgan fingerprint density at radius 3 is 2.19 bits per heavy atom. The van der Waals surface area contributed by atoms with Gasteiger partial charge in [-0.05, 0) is 54.8 Å². The molecule has 0 fully saturated rings. The number of nitrogens with one attached hydrogen (secondary N) is 1. The van der Waals surface area contributed by atoms with E-state index in [1.165, 1.54) is 12.1 Å². The second kappa shape index (κ2) is 9.66. The molecule has 0 heterocycles. The van der Waals surface area contributed by atoms with E-state index in [1.54, 1.807) is 30.3 Å². The third kappa shape index (κ3) is 5.44. The van der Waals surface area contributed by atoms with Crippen molar-refractivity contribution in [3.05, 3.63) is 89.5 Å². The predicted octanol–water partition coefficient (Wildman–Crippen LogP) is 4.77. The molecule has 0 amide bonds. The zero-order chi connectivity index (χ0) is 22.4. The molecule has 3 aromatic rings. The molecule has 162 valence electrons. The summed E-state index contributed by atoms with van der Waals surface area (Å²) in [5.74, 6) is -1.12. The first-order valence-electron chi connectivity index (χ1n) is 10.1. The molecule has 7 heteroatoms. The average Bonchev–Trinajstić information content (AvgIpc) is 2.78. The molecule has 2 N–H and O–H groups in total. The van der Waals surface area contributed by atoms with Crippen molar-refractivity contribution >= 4 is 27.4 Å². The summed E-state index contributed by atoms with van der Waals surface area (Å²) in [6.45, 7) is 5.14. The van der Waals surface area contributed by atoms with E-state index in [4.69, 9.17) is 0 Å². The highest BCUT2D eigenvalue weighted by Crippen LogP contribution is 2.31. The maximum absolute atomic E-state index is 13.0. The number of rotatable bonds is 9. The zero-order valence-electron chi connectivity index (χ0n) is 17.6. The third-order valence-electron chi connectivity index (χ3n) is 5.07. The smallest absolute Gasteiger partial charge is 0.335 e. The molecule has 0 aliphatic rings. The number of aromatic carboxylic acids is 1. The van der Waals surface area contributed by atoms with Gasteiger partial charge in [-0.3, -0.25) is 4.72 Å². The van der Waals surface area contributed by atoms with E-state index in [-0.39, 0.29) is 16.1 Å². The van der Waals surface area contributed by atoms with Gasteiger partial charge in [-0.1, -0.05) is 49.4 Å². The van der Waals surface area contributed by atoms with Crippen LogP contribution in [0.25, 0.3) is 0 Å². The summed E-state index contributed by atoms with van der Waals surface area (Å²) in [7, 11) is -3.89. The van der Waals surface area contributed by atoms with Crippen LogP contribution in [-0.2, 0) is 23.0 Å². The summed E-state index contributed by atoms with van der Waals surface area (Å²) in [5.41, 5.74) is 2.96. The molecule has 0 saturated heterocycles. The molecule has 3 aromatic carbocycles. The van der Waals surface area contributed by atoms with Crippen molar-refractivity contribution in [1.29, 1.82) is 0 Å². The molecule has 0 spiro atoms. The van der Waals surface area contributed by atoms with E-state index in [0.717, 1.165) is 17.5 Å². The topological polar surface area (TPSA) is 86.7 Å². The molecule has 31 heavy (non-hydrogen) atoms. The fourth-order valence-electron chi connectivity index (χ4n) is 3.31. The van der Waals surface area contributed by atoms with Gasteiger partial charge in [-0.15, -0.1) is 0 Å². The Bertz CT molecular complexity index is 1140. The highest BCUT2D eigenvalue weighted by Gasteiger charge is 2.20. The minimum Gasteiger partial charge on any atom is -0.478 e. The summed E-state index contributed by atoms with van der Waals surface area (Å²) in [5, 5.41) is 9.41. The molecule has 0 atom stereocenters. The van der Waals surface area contributed by atoms with Crippen LogP contribution in [0, 0.1) is 0 Å². The number of carboxylic acids is 1. The van der Waals surface area contributed by atoms with E-state index in [2.05, 4.69) is 4.72 Å². The van der Waals surface area contributed by atoms with Gasteiger partial charge in [0.1, 0.15) is 0 Å². The van der Waals surface area contributed by atoms with Crippen LogP contribution < -0.4 is 9.62 Å². The molecule has 0 bridgehead atoms. The van der Waals surface area contributed by atoms with E-state index in [1.807, 2.05) is 49.1 Å². The van der Waals surface area contributed by atoms with Crippen molar-refractivity contribution in [1.82, 2.24) is 0 Å². The minimum absolute atomic E-state index is 0.0125. The summed E-state index contributed by atoms with van der Waals surface area (Å²) >= 11 is 0. The Hall–Kier alpha value is -3.32. The van der Waals surface area contributed by atoms with Gasteiger partial charge in [-0.2, -0.15) is 0 Å². The van der Waals surface area contributed by atoms with Crippen molar-refractivity contribution in [3.8, 4) is 0 Å². The van der Waals surface area contributed by atoms with E-state index < -0.39 is 16.0 Å². The van der Waals surface area contributed by atoms with Gasteiger partial charge in [0.05, 0.1) is 21.8 Å². The van der Waals surface area contributed by atoms with Gasteiger partial charge < -0.3 is 10.0 Å². The van der Waals surface area contributed by atoms with Gasteiger partial charge >= 0.3 is 5.97 Å².